The first kappa shape index (κ1) is 13.8. The monoisotopic (exact) mass is 285 g/mol. The van der Waals surface area contributed by atoms with Gasteiger partial charge in [0.25, 0.3) is 5.91 Å². The Morgan fingerprint density at radius 3 is 2.58 bits per heavy atom. The molecule has 19 heavy (non-hydrogen) atoms. The highest BCUT2D eigenvalue weighted by Gasteiger charge is 2.48. The predicted molar refractivity (Wildman–Crippen MR) is 67.6 cm³/mol. The third-order valence-electron chi connectivity index (χ3n) is 3.40. The van der Waals surface area contributed by atoms with Crippen LogP contribution in [0.1, 0.15) is 30.1 Å². The summed E-state index contributed by atoms with van der Waals surface area (Å²) in [6, 6.07) is 3.87. The molecule has 0 aromatic heterocycles. The molecule has 0 radical (unpaired) electrons. The Hall–Kier alpha value is -1.62. The number of aliphatic carboxylic acids is 1. The first-order chi connectivity index (χ1) is 8.86. The van der Waals surface area contributed by atoms with Crippen LogP contribution in [0.3, 0.4) is 0 Å². The summed E-state index contributed by atoms with van der Waals surface area (Å²) in [4.78, 5) is 23.3. The van der Waals surface area contributed by atoms with Crippen molar-refractivity contribution in [3.05, 3.63) is 34.6 Å². The number of carboxylic acid groups (broad SMARTS) is 1. The quantitative estimate of drug-likeness (QED) is 0.893. The van der Waals surface area contributed by atoms with Crippen LogP contribution in [0.4, 0.5) is 4.39 Å². The molecule has 4 nitrogen and oxygen atoms in total. The Labute approximate surface area is 114 Å². The van der Waals surface area contributed by atoms with Crippen LogP contribution < -0.4 is 5.32 Å². The van der Waals surface area contributed by atoms with E-state index in [1.54, 1.807) is 0 Å². The molecule has 0 spiro atoms. The minimum Gasteiger partial charge on any atom is -0.480 e. The Kier molecular flexibility index (Phi) is 3.49. The predicted octanol–water partition coefficient (Wildman–Crippen LogP) is 2.46. The van der Waals surface area contributed by atoms with Crippen LogP contribution in [0.15, 0.2) is 18.2 Å². The summed E-state index contributed by atoms with van der Waals surface area (Å²) in [5.41, 5.74) is -1.71. The maximum Gasteiger partial charge on any atom is 0.329 e. The van der Waals surface area contributed by atoms with Crippen molar-refractivity contribution in [2.45, 2.75) is 25.3 Å². The number of benzene rings is 1. The largest absolute Gasteiger partial charge is 0.480 e. The highest BCUT2D eigenvalue weighted by Crippen LogP contribution is 2.40. The highest BCUT2D eigenvalue weighted by molar-refractivity contribution is 6.33. The average Bonchev–Trinajstić information content (AvgIpc) is 3.12. The fourth-order valence-corrected chi connectivity index (χ4v) is 2.25. The van der Waals surface area contributed by atoms with E-state index in [1.165, 1.54) is 19.1 Å². The zero-order valence-corrected chi connectivity index (χ0v) is 11.0. The number of hydrogen-bond acceptors (Lipinski definition) is 2. The molecule has 0 aliphatic heterocycles. The smallest absolute Gasteiger partial charge is 0.329 e. The van der Waals surface area contributed by atoms with Crippen molar-refractivity contribution in [1.29, 1.82) is 0 Å². The van der Waals surface area contributed by atoms with Crippen LogP contribution >= 0.6 is 11.6 Å². The van der Waals surface area contributed by atoms with Crippen molar-refractivity contribution in [2.24, 2.45) is 5.92 Å². The van der Waals surface area contributed by atoms with Crippen LogP contribution in [0, 0.1) is 11.7 Å². The average molecular weight is 286 g/mol. The Morgan fingerprint density at radius 1 is 1.47 bits per heavy atom. The topological polar surface area (TPSA) is 66.4 Å². The SMILES string of the molecule is CC(NC(=O)c1c(F)cccc1Cl)(C(=O)O)C1CC1. The van der Waals surface area contributed by atoms with E-state index in [9.17, 15) is 19.1 Å². The molecule has 1 aromatic rings. The number of rotatable bonds is 4. The Bertz CT molecular complexity index is 524. The molecule has 1 aliphatic rings. The van der Waals surface area contributed by atoms with E-state index in [0.717, 1.165) is 18.9 Å². The molecule has 2 rings (SSSR count). The first-order valence-corrected chi connectivity index (χ1v) is 6.24. The van der Waals surface area contributed by atoms with Gasteiger partial charge in [-0.05, 0) is 37.8 Å². The number of nitrogens with one attached hydrogen (secondary N) is 1. The molecule has 0 bridgehead atoms. The molecule has 1 unspecified atom stereocenters. The maximum absolute atomic E-state index is 13.6. The van der Waals surface area contributed by atoms with Crippen molar-refractivity contribution < 1.29 is 19.1 Å². The van der Waals surface area contributed by atoms with E-state index >= 15 is 0 Å². The fourth-order valence-electron chi connectivity index (χ4n) is 2.00. The molecule has 0 heterocycles. The molecule has 0 saturated heterocycles. The molecule has 1 atom stereocenters. The minimum absolute atomic E-state index is 0.0407. The molecule has 2 N–H and O–H groups in total. The Balaban J connectivity index is 2.28. The van der Waals surface area contributed by atoms with Gasteiger partial charge in [0.05, 0.1) is 10.6 Å². The number of hydrogen-bond donors (Lipinski definition) is 2. The zero-order chi connectivity index (χ0) is 14.2. The highest BCUT2D eigenvalue weighted by atomic mass is 35.5. The fraction of sp³-hybridized carbons (Fsp3) is 0.385. The molecule has 1 aromatic carbocycles. The van der Waals surface area contributed by atoms with Crippen molar-refractivity contribution in [1.82, 2.24) is 5.32 Å². The summed E-state index contributed by atoms with van der Waals surface area (Å²) in [7, 11) is 0. The van der Waals surface area contributed by atoms with E-state index in [2.05, 4.69) is 5.32 Å². The second-order valence-electron chi connectivity index (χ2n) is 4.83. The number of carboxylic acids is 1. The van der Waals surface area contributed by atoms with Gasteiger partial charge in [-0.2, -0.15) is 0 Å². The number of carbonyl (C=O) groups excluding carboxylic acids is 1. The summed E-state index contributed by atoms with van der Waals surface area (Å²) >= 11 is 5.78. The lowest BCUT2D eigenvalue weighted by Crippen LogP contribution is -2.54. The van der Waals surface area contributed by atoms with Gasteiger partial charge in [0, 0.05) is 0 Å². The van der Waals surface area contributed by atoms with Crippen LogP contribution in [0.2, 0.25) is 5.02 Å². The number of carbonyl (C=O) groups is 2. The summed E-state index contributed by atoms with van der Waals surface area (Å²) in [5, 5.41) is 11.6. The van der Waals surface area contributed by atoms with Gasteiger partial charge in [0.1, 0.15) is 11.4 Å². The van der Waals surface area contributed by atoms with Crippen LogP contribution in [0.25, 0.3) is 0 Å². The number of halogens is 2. The van der Waals surface area contributed by atoms with Crippen molar-refractivity contribution in [3.8, 4) is 0 Å². The van der Waals surface area contributed by atoms with Gasteiger partial charge in [-0.25, -0.2) is 9.18 Å². The van der Waals surface area contributed by atoms with E-state index in [0.29, 0.717) is 0 Å². The third-order valence-corrected chi connectivity index (χ3v) is 3.72. The second-order valence-corrected chi connectivity index (χ2v) is 5.24. The second kappa shape index (κ2) is 4.81. The normalized spacial score (nSPS) is 17.6. The van der Waals surface area contributed by atoms with Gasteiger partial charge >= 0.3 is 5.97 Å². The summed E-state index contributed by atoms with van der Waals surface area (Å²) < 4.78 is 13.6. The summed E-state index contributed by atoms with van der Waals surface area (Å²) in [5.74, 6) is -2.83. The van der Waals surface area contributed by atoms with Gasteiger partial charge in [-0.3, -0.25) is 4.79 Å². The van der Waals surface area contributed by atoms with Gasteiger partial charge in [-0.1, -0.05) is 17.7 Å². The van der Waals surface area contributed by atoms with Gasteiger partial charge in [0.2, 0.25) is 0 Å². The molecule has 1 fully saturated rings. The van der Waals surface area contributed by atoms with E-state index < -0.39 is 23.2 Å². The van der Waals surface area contributed by atoms with E-state index in [-0.39, 0.29) is 16.5 Å². The van der Waals surface area contributed by atoms with Crippen molar-refractivity contribution >= 4 is 23.5 Å². The molecule has 1 aliphatic carbocycles. The van der Waals surface area contributed by atoms with Crippen molar-refractivity contribution in [2.75, 3.05) is 0 Å². The van der Waals surface area contributed by atoms with E-state index in [4.69, 9.17) is 11.6 Å². The first-order valence-electron chi connectivity index (χ1n) is 5.86. The van der Waals surface area contributed by atoms with E-state index in [1.807, 2.05) is 0 Å². The van der Waals surface area contributed by atoms with Crippen molar-refractivity contribution in [3.63, 3.8) is 0 Å². The zero-order valence-electron chi connectivity index (χ0n) is 10.2. The maximum atomic E-state index is 13.6. The van der Waals surface area contributed by atoms with Gasteiger partial charge in [0.15, 0.2) is 0 Å². The third kappa shape index (κ3) is 2.56. The standard InChI is InChI=1S/C13H13ClFNO3/c1-13(12(18)19,7-5-6-7)16-11(17)10-8(14)3-2-4-9(10)15/h2-4,7H,5-6H2,1H3,(H,16,17)(H,18,19). The minimum atomic E-state index is -1.39. The Morgan fingerprint density at radius 2 is 2.11 bits per heavy atom. The van der Waals surface area contributed by atoms with Gasteiger partial charge < -0.3 is 10.4 Å². The summed E-state index contributed by atoms with van der Waals surface area (Å²) in [6.45, 7) is 1.43. The van der Waals surface area contributed by atoms with Gasteiger partial charge in [-0.15, -0.1) is 0 Å². The molecule has 1 saturated carbocycles. The molecule has 1 amide bonds. The van der Waals surface area contributed by atoms with Crippen LogP contribution in [-0.4, -0.2) is 22.5 Å². The summed E-state index contributed by atoms with van der Waals surface area (Å²) in [6.07, 6.45) is 1.46. The lowest BCUT2D eigenvalue weighted by molar-refractivity contribution is -0.144. The molecule has 102 valence electrons. The lowest BCUT2D eigenvalue weighted by atomic mass is 9.95. The van der Waals surface area contributed by atoms with Crippen LogP contribution in [0.5, 0.6) is 0 Å². The number of amides is 1. The lowest BCUT2D eigenvalue weighted by Gasteiger charge is -2.26. The molecule has 6 heteroatoms. The molecular formula is C13H13ClFNO3. The van der Waals surface area contributed by atoms with Crippen LogP contribution in [-0.2, 0) is 4.79 Å². The molecular weight excluding hydrogens is 273 g/mol.